The first-order chi connectivity index (χ1) is 18.9. The summed E-state index contributed by atoms with van der Waals surface area (Å²) in [6.45, 7) is 0.552. The van der Waals surface area contributed by atoms with Crippen LogP contribution in [0.3, 0.4) is 0 Å². The van der Waals surface area contributed by atoms with Crippen LogP contribution in [-0.2, 0) is 6.61 Å². The zero-order valence-electron chi connectivity index (χ0n) is 21.0. The summed E-state index contributed by atoms with van der Waals surface area (Å²) in [7, 11) is 0. The van der Waals surface area contributed by atoms with Gasteiger partial charge in [0.05, 0.1) is 0 Å². The lowest BCUT2D eigenvalue weighted by molar-refractivity contribution is 0.304. The van der Waals surface area contributed by atoms with Crippen molar-refractivity contribution in [2.75, 3.05) is 0 Å². The van der Waals surface area contributed by atoms with Crippen molar-refractivity contribution in [3.63, 3.8) is 0 Å². The highest BCUT2D eigenvalue weighted by Crippen LogP contribution is 2.57. The minimum Gasteiger partial charge on any atom is -0.488 e. The van der Waals surface area contributed by atoms with E-state index < -0.39 is 0 Å². The van der Waals surface area contributed by atoms with Crippen LogP contribution in [0.5, 0.6) is 5.75 Å². The van der Waals surface area contributed by atoms with Gasteiger partial charge in [-0.1, -0.05) is 146 Å². The van der Waals surface area contributed by atoms with Crippen LogP contribution in [0.2, 0.25) is 0 Å². The minimum atomic E-state index is 0.552. The standard InChI is InChI=1S/C37H26O/c1-5-15-26(16-6-1)32-33(27-17-7-2-8-18-27)35(29-21-11-4-12-22-29)37-36(34(32)28-19-9-3-10-20-28)31-24-14-13-23-30(31)25-38-37/h1-24H,25H2. The minimum absolute atomic E-state index is 0.552. The van der Waals surface area contributed by atoms with Crippen LogP contribution in [0.15, 0.2) is 146 Å². The average Bonchev–Trinajstić information content (AvgIpc) is 3.01. The van der Waals surface area contributed by atoms with Gasteiger partial charge in [0.25, 0.3) is 0 Å². The molecule has 0 N–H and O–H groups in total. The lowest BCUT2D eigenvalue weighted by Crippen LogP contribution is -2.10. The van der Waals surface area contributed by atoms with Crippen LogP contribution in [0.1, 0.15) is 5.56 Å². The predicted octanol–water partition coefficient (Wildman–Crippen LogP) is 9.91. The van der Waals surface area contributed by atoms with E-state index in [1.807, 2.05) is 0 Å². The molecule has 0 fully saturated rings. The predicted molar refractivity (Wildman–Crippen MR) is 158 cm³/mol. The monoisotopic (exact) mass is 486 g/mol. The number of fused-ring (bicyclic) bond motifs is 3. The summed E-state index contributed by atoms with van der Waals surface area (Å²) in [5.74, 6) is 0.951. The van der Waals surface area contributed by atoms with Gasteiger partial charge in [-0.05, 0) is 38.9 Å². The van der Waals surface area contributed by atoms with Gasteiger partial charge in [-0.25, -0.2) is 0 Å². The Morgan fingerprint density at radius 1 is 0.342 bits per heavy atom. The lowest BCUT2D eigenvalue weighted by atomic mass is 9.77. The Morgan fingerprint density at radius 3 is 1.21 bits per heavy atom. The molecular formula is C37H26O. The van der Waals surface area contributed by atoms with E-state index in [0.29, 0.717) is 6.61 Å². The molecule has 0 unspecified atom stereocenters. The topological polar surface area (TPSA) is 9.23 Å². The molecule has 1 heteroatoms. The molecule has 0 saturated carbocycles. The molecule has 1 nitrogen and oxygen atoms in total. The molecular weight excluding hydrogens is 460 g/mol. The van der Waals surface area contributed by atoms with E-state index in [1.54, 1.807) is 0 Å². The molecule has 1 heterocycles. The van der Waals surface area contributed by atoms with Crippen molar-refractivity contribution in [2.45, 2.75) is 6.61 Å². The molecule has 0 aliphatic carbocycles. The van der Waals surface area contributed by atoms with Gasteiger partial charge < -0.3 is 4.74 Å². The molecule has 0 amide bonds. The summed E-state index contributed by atoms with van der Waals surface area (Å²) < 4.78 is 6.75. The average molecular weight is 487 g/mol. The largest absolute Gasteiger partial charge is 0.488 e. The van der Waals surface area contributed by atoms with Crippen molar-refractivity contribution in [1.82, 2.24) is 0 Å². The molecule has 6 aromatic rings. The van der Waals surface area contributed by atoms with Gasteiger partial charge in [0.1, 0.15) is 12.4 Å². The molecule has 0 atom stereocenters. The number of hydrogen-bond acceptors (Lipinski definition) is 1. The van der Waals surface area contributed by atoms with E-state index in [9.17, 15) is 0 Å². The molecule has 1 aliphatic rings. The van der Waals surface area contributed by atoms with Crippen LogP contribution < -0.4 is 4.74 Å². The van der Waals surface area contributed by atoms with Crippen molar-refractivity contribution in [2.24, 2.45) is 0 Å². The molecule has 7 rings (SSSR count). The van der Waals surface area contributed by atoms with E-state index in [-0.39, 0.29) is 0 Å². The quantitative estimate of drug-likeness (QED) is 0.241. The van der Waals surface area contributed by atoms with Crippen molar-refractivity contribution < 1.29 is 4.74 Å². The first kappa shape index (κ1) is 22.3. The van der Waals surface area contributed by atoms with E-state index >= 15 is 0 Å². The second kappa shape index (κ2) is 9.53. The maximum atomic E-state index is 6.75. The summed E-state index contributed by atoms with van der Waals surface area (Å²) in [5.41, 5.74) is 13.1. The zero-order valence-corrected chi connectivity index (χ0v) is 21.0. The molecule has 6 aromatic carbocycles. The van der Waals surface area contributed by atoms with Gasteiger partial charge in [0, 0.05) is 22.3 Å². The fourth-order valence-electron chi connectivity index (χ4n) is 5.73. The van der Waals surface area contributed by atoms with Gasteiger partial charge in [0.2, 0.25) is 0 Å². The third kappa shape index (κ3) is 3.72. The first-order valence-corrected chi connectivity index (χ1v) is 13.1. The van der Waals surface area contributed by atoms with Gasteiger partial charge in [0.15, 0.2) is 0 Å². The van der Waals surface area contributed by atoms with E-state index in [1.165, 1.54) is 44.5 Å². The van der Waals surface area contributed by atoms with Crippen molar-refractivity contribution in [1.29, 1.82) is 0 Å². The highest BCUT2D eigenvalue weighted by atomic mass is 16.5. The van der Waals surface area contributed by atoms with Crippen LogP contribution >= 0.6 is 0 Å². The SMILES string of the molecule is c1ccc(-c2c3c(c(-c4ccccc4)c(-c4ccccc4)c2-c2ccccc2)-c2ccccc2CO3)cc1. The Morgan fingerprint density at radius 2 is 0.711 bits per heavy atom. The summed E-state index contributed by atoms with van der Waals surface area (Å²) in [6, 6.07) is 51.7. The van der Waals surface area contributed by atoms with Crippen LogP contribution in [0.25, 0.3) is 55.6 Å². The van der Waals surface area contributed by atoms with E-state index in [4.69, 9.17) is 4.74 Å². The second-order valence-corrected chi connectivity index (χ2v) is 9.61. The summed E-state index contributed by atoms with van der Waals surface area (Å²) >= 11 is 0. The normalized spacial score (nSPS) is 11.8. The third-order valence-electron chi connectivity index (χ3n) is 7.36. The smallest absolute Gasteiger partial charge is 0.136 e. The second-order valence-electron chi connectivity index (χ2n) is 9.61. The number of rotatable bonds is 4. The Bertz CT molecular complexity index is 1660. The maximum absolute atomic E-state index is 6.75. The fourth-order valence-corrected chi connectivity index (χ4v) is 5.73. The van der Waals surface area contributed by atoms with Crippen LogP contribution in [-0.4, -0.2) is 0 Å². The first-order valence-electron chi connectivity index (χ1n) is 13.1. The molecule has 0 radical (unpaired) electrons. The van der Waals surface area contributed by atoms with E-state index in [0.717, 1.165) is 22.4 Å². The highest BCUT2D eigenvalue weighted by molar-refractivity contribution is 6.11. The summed E-state index contributed by atoms with van der Waals surface area (Å²) in [5, 5.41) is 0. The lowest BCUT2D eigenvalue weighted by Gasteiger charge is -2.31. The van der Waals surface area contributed by atoms with Gasteiger partial charge in [-0.3, -0.25) is 0 Å². The Labute approximate surface area is 223 Å². The Balaban J connectivity index is 1.75. The summed E-state index contributed by atoms with van der Waals surface area (Å²) in [4.78, 5) is 0. The number of hydrogen-bond donors (Lipinski definition) is 0. The van der Waals surface area contributed by atoms with Crippen LogP contribution in [0, 0.1) is 0 Å². The molecule has 0 spiro atoms. The fraction of sp³-hybridized carbons (Fsp3) is 0.0270. The van der Waals surface area contributed by atoms with Crippen LogP contribution in [0.4, 0.5) is 0 Å². The Kier molecular flexibility index (Phi) is 5.60. The van der Waals surface area contributed by atoms with E-state index in [2.05, 4.69) is 146 Å². The molecule has 0 saturated heterocycles. The molecule has 0 aromatic heterocycles. The van der Waals surface area contributed by atoms with Gasteiger partial charge in [-0.2, -0.15) is 0 Å². The molecule has 1 aliphatic heterocycles. The summed E-state index contributed by atoms with van der Waals surface area (Å²) in [6.07, 6.45) is 0. The van der Waals surface area contributed by atoms with Crippen molar-refractivity contribution >= 4 is 0 Å². The molecule has 0 bridgehead atoms. The molecule has 180 valence electrons. The van der Waals surface area contributed by atoms with Gasteiger partial charge >= 0.3 is 0 Å². The van der Waals surface area contributed by atoms with Crippen molar-refractivity contribution in [3.05, 3.63) is 151 Å². The Hall–Kier alpha value is -4.88. The third-order valence-corrected chi connectivity index (χ3v) is 7.36. The number of ether oxygens (including phenoxy) is 1. The zero-order chi connectivity index (χ0) is 25.3. The molecule has 38 heavy (non-hydrogen) atoms. The maximum Gasteiger partial charge on any atom is 0.136 e. The van der Waals surface area contributed by atoms with Crippen molar-refractivity contribution in [3.8, 4) is 61.4 Å². The van der Waals surface area contributed by atoms with Gasteiger partial charge in [-0.15, -0.1) is 0 Å². The number of benzene rings is 6. The highest BCUT2D eigenvalue weighted by Gasteiger charge is 2.31.